The molecule has 1 nitrogen and oxygen atoms in total. The van der Waals surface area contributed by atoms with Crippen LogP contribution in [0.4, 0.5) is 0 Å². The third-order valence-electron chi connectivity index (χ3n) is 3.26. The molecule has 0 aliphatic heterocycles. The van der Waals surface area contributed by atoms with Crippen molar-refractivity contribution in [3.8, 4) is 0 Å². The van der Waals surface area contributed by atoms with Gasteiger partial charge in [0.2, 0.25) is 0 Å². The number of aryl methyl sites for hydroxylation is 1. The molecule has 2 unspecified atom stereocenters. The van der Waals surface area contributed by atoms with E-state index in [9.17, 15) is 0 Å². The third-order valence-corrected chi connectivity index (χ3v) is 3.26. The summed E-state index contributed by atoms with van der Waals surface area (Å²) in [5.74, 6) is 0.551. The van der Waals surface area contributed by atoms with E-state index in [1.807, 2.05) is 0 Å². The lowest BCUT2D eigenvalue weighted by molar-refractivity contribution is 0.455. The number of hydrogen-bond acceptors (Lipinski definition) is 1. The molecule has 1 heteroatoms. The van der Waals surface area contributed by atoms with E-state index in [0.717, 1.165) is 6.42 Å². The second-order valence-corrected chi connectivity index (χ2v) is 4.20. The van der Waals surface area contributed by atoms with Crippen molar-refractivity contribution < 1.29 is 0 Å². The first-order chi connectivity index (χ1) is 6.57. The van der Waals surface area contributed by atoms with Crippen LogP contribution in [0.1, 0.15) is 43.0 Å². The monoisotopic (exact) mass is 191 g/mol. The Labute approximate surface area is 87.3 Å². The molecular weight excluding hydrogens is 170 g/mol. The molecule has 0 spiro atoms. The van der Waals surface area contributed by atoms with Gasteiger partial charge in [-0.05, 0) is 36.5 Å². The van der Waals surface area contributed by atoms with E-state index in [0.29, 0.717) is 5.92 Å². The summed E-state index contributed by atoms with van der Waals surface area (Å²) in [7, 11) is 0. The molecule has 2 atom stereocenters. The minimum Gasteiger partial charge on any atom is -0.324 e. The van der Waals surface area contributed by atoms with Gasteiger partial charge in [-0.1, -0.05) is 38.5 Å². The molecule has 0 heterocycles. The molecule has 2 N–H and O–H groups in total. The highest BCUT2D eigenvalue weighted by atomic mass is 14.6. The molecular formula is C13H21N. The highest BCUT2D eigenvalue weighted by Gasteiger charge is 2.15. The van der Waals surface area contributed by atoms with Gasteiger partial charge in [0.1, 0.15) is 0 Å². The Morgan fingerprint density at radius 2 is 1.93 bits per heavy atom. The molecule has 0 aliphatic carbocycles. The third kappa shape index (κ3) is 2.16. The van der Waals surface area contributed by atoms with E-state index in [1.165, 1.54) is 16.7 Å². The fraction of sp³-hybridized carbons (Fsp3) is 0.538. The fourth-order valence-electron chi connectivity index (χ4n) is 1.70. The lowest BCUT2D eigenvalue weighted by Gasteiger charge is -2.21. The molecule has 1 rings (SSSR count). The van der Waals surface area contributed by atoms with E-state index in [2.05, 4.69) is 45.9 Å². The zero-order valence-corrected chi connectivity index (χ0v) is 9.67. The van der Waals surface area contributed by atoms with Crippen molar-refractivity contribution in [2.75, 3.05) is 0 Å². The van der Waals surface area contributed by atoms with Crippen LogP contribution < -0.4 is 5.73 Å². The van der Waals surface area contributed by atoms with Gasteiger partial charge in [0.25, 0.3) is 0 Å². The van der Waals surface area contributed by atoms with Gasteiger partial charge < -0.3 is 5.73 Å². The number of benzene rings is 1. The van der Waals surface area contributed by atoms with Gasteiger partial charge >= 0.3 is 0 Å². The van der Waals surface area contributed by atoms with Gasteiger partial charge in [0.05, 0.1) is 0 Å². The summed E-state index contributed by atoms with van der Waals surface area (Å²) >= 11 is 0. The van der Waals surface area contributed by atoms with E-state index in [-0.39, 0.29) is 6.04 Å². The van der Waals surface area contributed by atoms with Crippen LogP contribution >= 0.6 is 0 Å². The molecule has 0 bridgehead atoms. The van der Waals surface area contributed by atoms with E-state index in [4.69, 9.17) is 5.73 Å². The van der Waals surface area contributed by atoms with Crippen molar-refractivity contribution in [2.24, 2.45) is 11.7 Å². The van der Waals surface area contributed by atoms with Gasteiger partial charge in [0.15, 0.2) is 0 Å². The highest BCUT2D eigenvalue weighted by molar-refractivity contribution is 5.35. The highest BCUT2D eigenvalue weighted by Crippen LogP contribution is 2.25. The lowest BCUT2D eigenvalue weighted by atomic mass is 9.89. The average molecular weight is 191 g/mol. The summed E-state index contributed by atoms with van der Waals surface area (Å²) in [4.78, 5) is 0. The Kier molecular flexibility index (Phi) is 3.70. The summed E-state index contributed by atoms with van der Waals surface area (Å²) in [5, 5.41) is 0. The van der Waals surface area contributed by atoms with Crippen LogP contribution in [0.15, 0.2) is 18.2 Å². The molecule has 0 amide bonds. The molecule has 0 saturated heterocycles. The minimum atomic E-state index is 0.180. The van der Waals surface area contributed by atoms with E-state index >= 15 is 0 Å². The topological polar surface area (TPSA) is 26.0 Å². The summed E-state index contributed by atoms with van der Waals surface area (Å²) in [5.41, 5.74) is 10.2. The first-order valence-corrected chi connectivity index (χ1v) is 5.39. The lowest BCUT2D eigenvalue weighted by Crippen LogP contribution is -2.19. The standard InChI is InChI=1S/C13H21N/c1-5-9(2)13(14)12-8-6-7-10(3)11(12)4/h6-9,13H,5,14H2,1-4H3. The predicted molar refractivity (Wildman–Crippen MR) is 62.3 cm³/mol. The Balaban J connectivity index is 3.01. The van der Waals surface area contributed by atoms with Crippen molar-refractivity contribution in [1.29, 1.82) is 0 Å². The predicted octanol–water partition coefficient (Wildman–Crippen LogP) is 3.35. The number of nitrogens with two attached hydrogens (primary N) is 1. The van der Waals surface area contributed by atoms with Gasteiger partial charge in [0, 0.05) is 6.04 Å². The van der Waals surface area contributed by atoms with Gasteiger partial charge in [-0.15, -0.1) is 0 Å². The van der Waals surface area contributed by atoms with Gasteiger partial charge in [-0.2, -0.15) is 0 Å². The molecule has 0 fully saturated rings. The number of rotatable bonds is 3. The Bertz CT molecular complexity index is 304. The van der Waals surface area contributed by atoms with Gasteiger partial charge in [-0.25, -0.2) is 0 Å². The Morgan fingerprint density at radius 3 is 2.50 bits per heavy atom. The summed E-state index contributed by atoms with van der Waals surface area (Å²) in [6.07, 6.45) is 1.13. The zero-order valence-electron chi connectivity index (χ0n) is 9.67. The minimum absolute atomic E-state index is 0.180. The maximum Gasteiger partial charge on any atom is 0.0323 e. The summed E-state index contributed by atoms with van der Waals surface area (Å²) < 4.78 is 0. The van der Waals surface area contributed by atoms with Crippen LogP contribution in [-0.2, 0) is 0 Å². The van der Waals surface area contributed by atoms with Crippen LogP contribution in [0.25, 0.3) is 0 Å². The second kappa shape index (κ2) is 4.61. The number of hydrogen-bond donors (Lipinski definition) is 1. The molecule has 14 heavy (non-hydrogen) atoms. The van der Waals surface area contributed by atoms with E-state index < -0.39 is 0 Å². The van der Waals surface area contributed by atoms with Crippen molar-refractivity contribution in [2.45, 2.75) is 40.2 Å². The molecule has 0 aliphatic rings. The van der Waals surface area contributed by atoms with Crippen molar-refractivity contribution in [1.82, 2.24) is 0 Å². The summed E-state index contributed by atoms with van der Waals surface area (Å²) in [6.45, 7) is 8.71. The SMILES string of the molecule is CCC(C)C(N)c1cccc(C)c1C. The molecule has 0 saturated carbocycles. The maximum atomic E-state index is 6.22. The average Bonchev–Trinajstić information content (AvgIpc) is 2.20. The second-order valence-electron chi connectivity index (χ2n) is 4.20. The summed E-state index contributed by atoms with van der Waals surface area (Å²) in [6, 6.07) is 6.57. The van der Waals surface area contributed by atoms with Crippen LogP contribution in [0, 0.1) is 19.8 Å². The maximum absolute atomic E-state index is 6.22. The first kappa shape index (κ1) is 11.3. The van der Waals surface area contributed by atoms with Crippen LogP contribution in [0.3, 0.4) is 0 Å². The Morgan fingerprint density at radius 1 is 1.29 bits per heavy atom. The zero-order chi connectivity index (χ0) is 10.7. The fourth-order valence-corrected chi connectivity index (χ4v) is 1.70. The smallest absolute Gasteiger partial charge is 0.0323 e. The van der Waals surface area contributed by atoms with E-state index in [1.54, 1.807) is 0 Å². The quantitative estimate of drug-likeness (QED) is 0.779. The molecule has 1 aromatic carbocycles. The van der Waals surface area contributed by atoms with Crippen LogP contribution in [0.5, 0.6) is 0 Å². The molecule has 78 valence electrons. The van der Waals surface area contributed by atoms with Crippen molar-refractivity contribution in [3.63, 3.8) is 0 Å². The van der Waals surface area contributed by atoms with Crippen molar-refractivity contribution >= 4 is 0 Å². The molecule has 1 aromatic rings. The van der Waals surface area contributed by atoms with Gasteiger partial charge in [-0.3, -0.25) is 0 Å². The molecule has 0 aromatic heterocycles. The first-order valence-electron chi connectivity index (χ1n) is 5.39. The van der Waals surface area contributed by atoms with Crippen LogP contribution in [0.2, 0.25) is 0 Å². The van der Waals surface area contributed by atoms with Crippen LogP contribution in [-0.4, -0.2) is 0 Å². The Hall–Kier alpha value is -0.820. The molecule has 0 radical (unpaired) electrons. The largest absolute Gasteiger partial charge is 0.324 e. The normalized spacial score (nSPS) is 15.2. The van der Waals surface area contributed by atoms with Crippen molar-refractivity contribution in [3.05, 3.63) is 34.9 Å².